The Morgan fingerprint density at radius 1 is 0.971 bits per heavy atom. The summed E-state index contributed by atoms with van der Waals surface area (Å²) in [5.41, 5.74) is 0.604. The third-order valence-corrected chi connectivity index (χ3v) is 7.72. The number of hydrogen-bond acceptors (Lipinski definition) is 9. The first-order valence-corrected chi connectivity index (χ1v) is 12.3. The lowest BCUT2D eigenvalue weighted by Gasteiger charge is -2.30. The first-order chi connectivity index (χ1) is 16.8. The molecule has 186 valence electrons. The number of piperidine rings is 1. The lowest BCUT2D eigenvalue weighted by atomic mass is 9.97. The molecular weight excluding hydrogens is 476 g/mol. The molecule has 0 unspecified atom stereocenters. The number of nitrogens with one attached hydrogen (secondary N) is 1. The quantitative estimate of drug-likeness (QED) is 0.493. The van der Waals surface area contributed by atoms with Crippen LogP contribution in [0.1, 0.15) is 12.8 Å². The summed E-state index contributed by atoms with van der Waals surface area (Å²) < 4.78 is 48.4. The molecule has 1 amide bonds. The second-order valence-corrected chi connectivity index (χ2v) is 9.76. The lowest BCUT2D eigenvalue weighted by Crippen LogP contribution is -2.41. The number of benzene rings is 2. The molecule has 0 aliphatic carbocycles. The molecule has 0 spiro atoms. The molecule has 0 atom stereocenters. The molecule has 2 aromatic carbocycles. The highest BCUT2D eigenvalue weighted by Gasteiger charge is 2.32. The zero-order chi connectivity index (χ0) is 25.0. The second-order valence-electron chi connectivity index (χ2n) is 7.83. The molecule has 1 aliphatic rings. The molecule has 1 N–H and O–H groups in total. The van der Waals surface area contributed by atoms with Crippen LogP contribution in [0.4, 0.5) is 6.01 Å². The van der Waals surface area contributed by atoms with E-state index in [-0.39, 0.29) is 41.7 Å². The molecule has 0 radical (unpaired) electrons. The van der Waals surface area contributed by atoms with Crippen molar-refractivity contribution in [3.8, 4) is 28.7 Å². The molecule has 1 aromatic heterocycles. The summed E-state index contributed by atoms with van der Waals surface area (Å²) in [5.74, 6) is 1.17. The maximum absolute atomic E-state index is 12.9. The maximum Gasteiger partial charge on any atom is 0.322 e. The number of methoxy groups -OCH3 is 3. The first-order valence-electron chi connectivity index (χ1n) is 10.9. The topological polar surface area (TPSA) is 133 Å². The summed E-state index contributed by atoms with van der Waals surface area (Å²) in [7, 11) is 0.932. The van der Waals surface area contributed by atoms with Gasteiger partial charge < -0.3 is 18.6 Å². The van der Waals surface area contributed by atoms with Gasteiger partial charge in [0.05, 0.1) is 26.2 Å². The van der Waals surface area contributed by atoms with Crippen molar-refractivity contribution in [1.82, 2.24) is 14.5 Å². The van der Waals surface area contributed by atoms with Crippen LogP contribution in [0, 0.1) is 5.92 Å². The molecule has 1 fully saturated rings. The number of aromatic nitrogens is 2. The van der Waals surface area contributed by atoms with Crippen molar-refractivity contribution >= 4 is 21.9 Å². The molecule has 4 rings (SSSR count). The average Bonchev–Trinajstić information content (AvgIpc) is 3.36. The Morgan fingerprint density at radius 2 is 1.66 bits per heavy atom. The van der Waals surface area contributed by atoms with Gasteiger partial charge in [0.15, 0.2) is 11.5 Å². The number of amides is 1. The Hall–Kier alpha value is -3.64. The second kappa shape index (κ2) is 10.3. The number of nitrogens with zero attached hydrogens (tertiary/aromatic N) is 3. The highest BCUT2D eigenvalue weighted by Crippen LogP contribution is 2.32. The molecule has 12 heteroatoms. The van der Waals surface area contributed by atoms with Gasteiger partial charge in [0, 0.05) is 24.6 Å². The summed E-state index contributed by atoms with van der Waals surface area (Å²) in [5, 5.41) is 10.5. The molecule has 1 aliphatic heterocycles. The van der Waals surface area contributed by atoms with E-state index in [1.54, 1.807) is 30.3 Å². The van der Waals surface area contributed by atoms with Crippen molar-refractivity contribution in [2.24, 2.45) is 5.92 Å². The average molecular weight is 503 g/mol. The fourth-order valence-corrected chi connectivity index (χ4v) is 5.29. The minimum Gasteiger partial charge on any atom is -0.497 e. The van der Waals surface area contributed by atoms with Crippen LogP contribution < -0.4 is 19.5 Å². The van der Waals surface area contributed by atoms with Crippen molar-refractivity contribution in [3.05, 3.63) is 42.5 Å². The lowest BCUT2D eigenvalue weighted by molar-refractivity contribution is -0.121. The summed E-state index contributed by atoms with van der Waals surface area (Å²) in [6, 6.07) is 11.3. The number of carbonyl (C=O) groups excluding carboxylic acids is 1. The summed E-state index contributed by atoms with van der Waals surface area (Å²) >= 11 is 0. The van der Waals surface area contributed by atoms with E-state index in [4.69, 9.17) is 18.6 Å². The van der Waals surface area contributed by atoms with E-state index in [1.807, 2.05) is 0 Å². The molecule has 0 bridgehead atoms. The standard InChI is InChI=1S/C23H26N4O7S/c1-31-17-5-7-18(8-6-17)35(29,30)27-12-10-15(11-13-27)21(28)24-23-26-25-22(34-23)16-4-9-19(32-2)20(14-16)33-3/h4-9,14-15H,10-13H2,1-3H3,(H,24,26,28). The van der Waals surface area contributed by atoms with Crippen molar-refractivity contribution in [3.63, 3.8) is 0 Å². The van der Waals surface area contributed by atoms with Crippen molar-refractivity contribution < 1.29 is 31.8 Å². The number of ether oxygens (including phenoxy) is 3. The normalized spacial score (nSPS) is 14.9. The van der Waals surface area contributed by atoms with E-state index in [0.29, 0.717) is 35.7 Å². The monoisotopic (exact) mass is 502 g/mol. The molecule has 1 saturated heterocycles. The number of anilines is 1. The van der Waals surface area contributed by atoms with Gasteiger partial charge >= 0.3 is 6.01 Å². The van der Waals surface area contributed by atoms with Gasteiger partial charge in [-0.25, -0.2) is 8.42 Å². The zero-order valence-corrected chi connectivity index (χ0v) is 20.4. The van der Waals surface area contributed by atoms with Gasteiger partial charge in [-0.2, -0.15) is 4.31 Å². The smallest absolute Gasteiger partial charge is 0.322 e. The third kappa shape index (κ3) is 5.23. The molecule has 0 saturated carbocycles. The van der Waals surface area contributed by atoms with Crippen LogP contribution in [0.15, 0.2) is 51.8 Å². The van der Waals surface area contributed by atoms with Crippen molar-refractivity contribution in [2.75, 3.05) is 39.7 Å². The van der Waals surface area contributed by atoms with Crippen LogP contribution in [0.5, 0.6) is 17.2 Å². The van der Waals surface area contributed by atoms with Gasteiger partial charge in [-0.15, -0.1) is 5.10 Å². The predicted octanol–water partition coefficient (Wildman–Crippen LogP) is 2.80. The van der Waals surface area contributed by atoms with E-state index in [9.17, 15) is 13.2 Å². The number of carbonyl (C=O) groups is 1. The van der Waals surface area contributed by atoms with Gasteiger partial charge in [-0.05, 0) is 55.3 Å². The summed E-state index contributed by atoms with van der Waals surface area (Å²) in [6.07, 6.45) is 0.746. The number of hydrogen-bond donors (Lipinski definition) is 1. The van der Waals surface area contributed by atoms with Gasteiger partial charge in [-0.3, -0.25) is 10.1 Å². The summed E-state index contributed by atoms with van der Waals surface area (Å²) in [4.78, 5) is 12.9. The van der Waals surface area contributed by atoms with Gasteiger partial charge in [0.1, 0.15) is 5.75 Å². The van der Waals surface area contributed by atoms with E-state index in [2.05, 4.69) is 15.5 Å². The summed E-state index contributed by atoms with van der Waals surface area (Å²) in [6.45, 7) is 0.459. The molecular formula is C23H26N4O7S. The van der Waals surface area contributed by atoms with Gasteiger partial charge in [0.25, 0.3) is 0 Å². The first kappa shape index (κ1) is 24.5. The maximum atomic E-state index is 12.9. The Kier molecular flexibility index (Phi) is 7.22. The van der Waals surface area contributed by atoms with Crippen LogP contribution >= 0.6 is 0 Å². The minimum atomic E-state index is -3.65. The minimum absolute atomic E-state index is 0.0342. The highest BCUT2D eigenvalue weighted by atomic mass is 32.2. The highest BCUT2D eigenvalue weighted by molar-refractivity contribution is 7.89. The third-order valence-electron chi connectivity index (χ3n) is 5.81. The van der Waals surface area contributed by atoms with E-state index >= 15 is 0 Å². The fourth-order valence-electron chi connectivity index (χ4n) is 3.82. The van der Waals surface area contributed by atoms with Crippen LogP contribution in [-0.4, -0.2) is 63.2 Å². The molecule has 35 heavy (non-hydrogen) atoms. The van der Waals surface area contributed by atoms with Crippen molar-refractivity contribution in [2.45, 2.75) is 17.7 Å². The molecule has 11 nitrogen and oxygen atoms in total. The van der Waals surface area contributed by atoms with Gasteiger partial charge in [0.2, 0.25) is 21.8 Å². The Bertz CT molecular complexity index is 1280. The Balaban J connectivity index is 1.36. The Morgan fingerprint density at radius 3 is 2.29 bits per heavy atom. The van der Waals surface area contributed by atoms with Crippen LogP contribution in [0.25, 0.3) is 11.5 Å². The van der Waals surface area contributed by atoms with Crippen LogP contribution in [0.2, 0.25) is 0 Å². The van der Waals surface area contributed by atoms with Gasteiger partial charge in [-0.1, -0.05) is 5.10 Å². The number of rotatable bonds is 8. The predicted molar refractivity (Wildman–Crippen MR) is 126 cm³/mol. The van der Waals surface area contributed by atoms with E-state index < -0.39 is 10.0 Å². The van der Waals surface area contributed by atoms with E-state index in [1.165, 1.54) is 37.8 Å². The zero-order valence-electron chi connectivity index (χ0n) is 19.6. The fraction of sp³-hybridized carbons (Fsp3) is 0.348. The molecule has 3 aromatic rings. The SMILES string of the molecule is COc1ccc(S(=O)(=O)N2CCC(C(=O)Nc3nnc(-c4ccc(OC)c(OC)c4)o3)CC2)cc1. The van der Waals surface area contributed by atoms with E-state index in [0.717, 1.165) is 0 Å². The number of sulfonamides is 1. The largest absolute Gasteiger partial charge is 0.497 e. The van der Waals surface area contributed by atoms with Crippen LogP contribution in [0.3, 0.4) is 0 Å². The molecule has 2 heterocycles. The van der Waals surface area contributed by atoms with Crippen molar-refractivity contribution in [1.29, 1.82) is 0 Å². The van der Waals surface area contributed by atoms with Crippen LogP contribution in [-0.2, 0) is 14.8 Å². The Labute approximate surface area is 203 Å².